The van der Waals surface area contributed by atoms with Gasteiger partial charge in [0, 0.05) is 40.6 Å². The van der Waals surface area contributed by atoms with Crippen LogP contribution in [0.1, 0.15) is 60.5 Å². The van der Waals surface area contributed by atoms with Crippen LogP contribution in [0.5, 0.6) is 0 Å². The van der Waals surface area contributed by atoms with Gasteiger partial charge in [0.05, 0.1) is 12.5 Å². The fraction of sp³-hybridized carbons (Fsp3) is 0.423. The largest absolute Gasteiger partial charge is 0.481 e. The molecule has 0 saturated heterocycles. The van der Waals surface area contributed by atoms with Crippen LogP contribution in [0.4, 0.5) is 18.9 Å². The first kappa shape index (κ1) is 24.7. The van der Waals surface area contributed by atoms with E-state index in [9.17, 15) is 27.6 Å². The third-order valence-corrected chi connectivity index (χ3v) is 7.92. The molecule has 1 heterocycles. The SMILES string of the molecule is O=C(O)CCC(=O)N(C1CC1)C1c2ccccc2N(C(=O)c2ccc(SC(F)(F)F)cc2)C2CCC21. The lowest BCUT2D eigenvalue weighted by Crippen LogP contribution is -2.59. The molecular weight excluding hydrogens is 493 g/mol. The molecule has 1 N–H and O–H groups in total. The Labute approximate surface area is 210 Å². The normalized spacial score (nSPS) is 22.8. The molecule has 2 aromatic rings. The minimum atomic E-state index is -4.40. The van der Waals surface area contributed by atoms with Crippen LogP contribution in [0.15, 0.2) is 53.4 Å². The van der Waals surface area contributed by atoms with Gasteiger partial charge in [-0.3, -0.25) is 14.4 Å². The molecule has 190 valence electrons. The third kappa shape index (κ3) is 4.83. The lowest BCUT2D eigenvalue weighted by Gasteiger charge is -2.55. The van der Waals surface area contributed by atoms with Crippen LogP contribution < -0.4 is 4.90 Å². The van der Waals surface area contributed by atoms with E-state index in [4.69, 9.17) is 5.11 Å². The molecule has 0 aromatic heterocycles. The number of carbonyl (C=O) groups is 3. The summed E-state index contributed by atoms with van der Waals surface area (Å²) in [7, 11) is 0. The zero-order chi connectivity index (χ0) is 25.6. The van der Waals surface area contributed by atoms with E-state index in [-0.39, 0.29) is 65.4 Å². The van der Waals surface area contributed by atoms with Crippen molar-refractivity contribution in [2.75, 3.05) is 4.90 Å². The number of fused-ring (bicyclic) bond motifs is 2. The molecule has 10 heteroatoms. The van der Waals surface area contributed by atoms with E-state index < -0.39 is 11.5 Å². The summed E-state index contributed by atoms with van der Waals surface area (Å²) in [5.41, 5.74) is -2.55. The predicted octanol–water partition coefficient (Wildman–Crippen LogP) is 5.63. The second-order valence-corrected chi connectivity index (χ2v) is 10.6. The first-order valence-electron chi connectivity index (χ1n) is 12.0. The summed E-state index contributed by atoms with van der Waals surface area (Å²) >= 11 is -0.221. The summed E-state index contributed by atoms with van der Waals surface area (Å²) in [5, 5.41) is 9.08. The number of carboxylic acids is 1. The highest BCUT2D eigenvalue weighted by molar-refractivity contribution is 8.00. The van der Waals surface area contributed by atoms with Gasteiger partial charge < -0.3 is 14.9 Å². The molecule has 5 rings (SSSR count). The molecule has 3 atom stereocenters. The molecule has 2 aromatic carbocycles. The summed E-state index contributed by atoms with van der Waals surface area (Å²) in [6.07, 6.45) is 3.04. The van der Waals surface area contributed by atoms with Crippen LogP contribution in [0.2, 0.25) is 0 Å². The number of rotatable bonds is 7. The van der Waals surface area contributed by atoms with Crippen molar-refractivity contribution >= 4 is 35.2 Å². The Morgan fingerprint density at radius 3 is 2.25 bits per heavy atom. The van der Waals surface area contributed by atoms with Crippen molar-refractivity contribution in [3.05, 3.63) is 59.7 Å². The van der Waals surface area contributed by atoms with E-state index in [2.05, 4.69) is 0 Å². The fourth-order valence-electron chi connectivity index (χ4n) is 5.40. The van der Waals surface area contributed by atoms with E-state index in [1.54, 1.807) is 4.90 Å². The number of thioether (sulfide) groups is 1. The maximum Gasteiger partial charge on any atom is 0.446 e. The van der Waals surface area contributed by atoms with Gasteiger partial charge in [0.15, 0.2) is 0 Å². The van der Waals surface area contributed by atoms with Gasteiger partial charge >= 0.3 is 11.5 Å². The third-order valence-electron chi connectivity index (χ3n) is 7.18. The molecule has 36 heavy (non-hydrogen) atoms. The Kier molecular flexibility index (Phi) is 6.48. The fourth-order valence-corrected chi connectivity index (χ4v) is 5.94. The number of aliphatic carboxylic acids is 1. The number of carbonyl (C=O) groups excluding carboxylic acids is 2. The minimum Gasteiger partial charge on any atom is -0.481 e. The van der Waals surface area contributed by atoms with E-state index in [0.717, 1.165) is 31.2 Å². The molecule has 2 fully saturated rings. The lowest BCUT2D eigenvalue weighted by atomic mass is 9.67. The van der Waals surface area contributed by atoms with Crippen molar-refractivity contribution in [2.24, 2.45) is 5.92 Å². The summed E-state index contributed by atoms with van der Waals surface area (Å²) in [4.78, 5) is 41.5. The highest BCUT2D eigenvalue weighted by atomic mass is 32.2. The van der Waals surface area contributed by atoms with Crippen LogP contribution in [0, 0.1) is 5.92 Å². The summed E-state index contributed by atoms with van der Waals surface area (Å²) in [5.74, 6) is -1.46. The molecular formula is C26H25F3N2O4S. The number of hydrogen-bond acceptors (Lipinski definition) is 4. The number of halogens is 3. The van der Waals surface area contributed by atoms with E-state index in [1.807, 2.05) is 29.2 Å². The molecule has 2 aliphatic carbocycles. The summed E-state index contributed by atoms with van der Waals surface area (Å²) in [6, 6.07) is 12.6. The predicted molar refractivity (Wildman–Crippen MR) is 128 cm³/mol. The van der Waals surface area contributed by atoms with Crippen LogP contribution in [-0.4, -0.2) is 45.4 Å². The maximum atomic E-state index is 13.6. The van der Waals surface area contributed by atoms with Crippen LogP contribution in [0.3, 0.4) is 0 Å². The quantitative estimate of drug-likeness (QED) is 0.481. The van der Waals surface area contributed by atoms with Crippen LogP contribution >= 0.6 is 11.8 Å². The number of alkyl halides is 3. The topological polar surface area (TPSA) is 77.9 Å². The van der Waals surface area contributed by atoms with Crippen molar-refractivity contribution in [3.63, 3.8) is 0 Å². The molecule has 0 spiro atoms. The number of para-hydroxylation sites is 1. The molecule has 3 unspecified atom stereocenters. The van der Waals surface area contributed by atoms with Crippen LogP contribution in [-0.2, 0) is 9.59 Å². The van der Waals surface area contributed by atoms with Gasteiger partial charge in [0.1, 0.15) is 0 Å². The van der Waals surface area contributed by atoms with E-state index >= 15 is 0 Å². The van der Waals surface area contributed by atoms with Gasteiger partial charge in [-0.25, -0.2) is 0 Å². The summed E-state index contributed by atoms with van der Waals surface area (Å²) < 4.78 is 38.1. The van der Waals surface area contributed by atoms with Gasteiger partial charge in [-0.05, 0) is 73.3 Å². The van der Waals surface area contributed by atoms with Gasteiger partial charge in [-0.2, -0.15) is 13.2 Å². The monoisotopic (exact) mass is 518 g/mol. The summed E-state index contributed by atoms with van der Waals surface area (Å²) in [6.45, 7) is 0. The Balaban J connectivity index is 1.46. The Morgan fingerprint density at radius 2 is 1.67 bits per heavy atom. The van der Waals surface area contributed by atoms with Crippen molar-refractivity contribution in [1.29, 1.82) is 0 Å². The Bertz CT molecular complexity index is 1180. The minimum absolute atomic E-state index is 0.0123. The number of hydrogen-bond donors (Lipinski definition) is 1. The van der Waals surface area contributed by atoms with Crippen molar-refractivity contribution < 1.29 is 32.7 Å². The lowest BCUT2D eigenvalue weighted by molar-refractivity contribution is -0.143. The second kappa shape index (κ2) is 9.46. The molecule has 6 nitrogen and oxygen atoms in total. The number of amides is 2. The first-order chi connectivity index (χ1) is 17.1. The molecule has 2 amide bonds. The second-order valence-electron chi connectivity index (χ2n) is 9.49. The average molecular weight is 519 g/mol. The van der Waals surface area contributed by atoms with Crippen molar-refractivity contribution in [1.82, 2.24) is 4.90 Å². The smallest absolute Gasteiger partial charge is 0.446 e. The number of nitrogens with zero attached hydrogens (tertiary/aromatic N) is 2. The number of benzene rings is 2. The van der Waals surface area contributed by atoms with Crippen LogP contribution in [0.25, 0.3) is 0 Å². The van der Waals surface area contributed by atoms with Crippen molar-refractivity contribution in [3.8, 4) is 0 Å². The Morgan fingerprint density at radius 1 is 0.972 bits per heavy atom. The maximum absolute atomic E-state index is 13.6. The van der Waals surface area contributed by atoms with Gasteiger partial charge in [0.25, 0.3) is 5.91 Å². The molecule has 0 radical (unpaired) electrons. The highest BCUT2D eigenvalue weighted by Crippen LogP contribution is 2.54. The standard InChI is InChI=1S/C26H25F3N2O4S/c27-26(28,29)36-17-9-5-15(6-10-17)25(35)31-20-4-2-1-3-18(20)24(19-11-12-21(19)31)30(16-7-8-16)22(32)13-14-23(33)34/h1-6,9-10,16,19,21,24H,7-8,11-14H2,(H,33,34). The molecule has 3 aliphatic rings. The van der Waals surface area contributed by atoms with Gasteiger partial charge in [-0.1, -0.05) is 18.2 Å². The first-order valence-corrected chi connectivity index (χ1v) is 12.8. The molecule has 0 bridgehead atoms. The van der Waals surface area contributed by atoms with E-state index in [1.165, 1.54) is 24.3 Å². The Hall–Kier alpha value is -3.01. The van der Waals surface area contributed by atoms with E-state index in [0.29, 0.717) is 11.3 Å². The van der Waals surface area contributed by atoms with Gasteiger partial charge in [-0.15, -0.1) is 0 Å². The zero-order valence-electron chi connectivity index (χ0n) is 19.3. The number of anilines is 1. The van der Waals surface area contributed by atoms with Crippen molar-refractivity contribution in [2.45, 2.75) is 67.1 Å². The van der Waals surface area contributed by atoms with Gasteiger partial charge in [0.2, 0.25) is 5.91 Å². The zero-order valence-corrected chi connectivity index (χ0v) is 20.1. The highest BCUT2D eigenvalue weighted by Gasteiger charge is 2.53. The molecule has 1 aliphatic heterocycles. The average Bonchev–Trinajstić information content (AvgIpc) is 3.63. The molecule has 2 saturated carbocycles. The number of carboxylic acid groups (broad SMARTS) is 1.